The Morgan fingerprint density at radius 2 is 2.25 bits per heavy atom. The third-order valence-corrected chi connectivity index (χ3v) is 3.37. The molecule has 16 heavy (non-hydrogen) atoms. The molecule has 2 heterocycles. The number of thiazole rings is 1. The SMILES string of the molecule is CNCc1cn(Cc2nc(C)c(C)s2)nn1. The van der Waals surface area contributed by atoms with Crippen molar-refractivity contribution < 1.29 is 0 Å². The Morgan fingerprint density at radius 3 is 2.88 bits per heavy atom. The maximum absolute atomic E-state index is 4.48. The maximum atomic E-state index is 4.48. The smallest absolute Gasteiger partial charge is 0.115 e. The van der Waals surface area contributed by atoms with Gasteiger partial charge in [-0.3, -0.25) is 0 Å². The number of hydrogen-bond donors (Lipinski definition) is 1. The van der Waals surface area contributed by atoms with E-state index in [2.05, 4.69) is 27.5 Å². The lowest BCUT2D eigenvalue weighted by Crippen LogP contribution is -2.05. The summed E-state index contributed by atoms with van der Waals surface area (Å²) in [4.78, 5) is 5.74. The van der Waals surface area contributed by atoms with Gasteiger partial charge in [0.2, 0.25) is 0 Å². The molecule has 2 aromatic rings. The highest BCUT2D eigenvalue weighted by Gasteiger charge is 2.06. The number of nitrogens with one attached hydrogen (secondary N) is 1. The molecule has 0 unspecified atom stereocenters. The Labute approximate surface area is 98.5 Å². The van der Waals surface area contributed by atoms with Gasteiger partial charge in [-0.2, -0.15) is 0 Å². The van der Waals surface area contributed by atoms with Crippen LogP contribution < -0.4 is 5.32 Å². The summed E-state index contributed by atoms with van der Waals surface area (Å²) in [7, 11) is 1.90. The first-order chi connectivity index (χ1) is 7.69. The van der Waals surface area contributed by atoms with Crippen LogP contribution in [0.4, 0.5) is 0 Å². The van der Waals surface area contributed by atoms with Gasteiger partial charge in [0.15, 0.2) is 0 Å². The lowest BCUT2D eigenvalue weighted by molar-refractivity contribution is 0.645. The zero-order valence-electron chi connectivity index (χ0n) is 9.69. The van der Waals surface area contributed by atoms with Crippen LogP contribution in [-0.4, -0.2) is 27.0 Å². The number of nitrogens with zero attached hydrogens (tertiary/aromatic N) is 4. The molecule has 1 N–H and O–H groups in total. The van der Waals surface area contributed by atoms with Gasteiger partial charge in [0, 0.05) is 11.4 Å². The summed E-state index contributed by atoms with van der Waals surface area (Å²) < 4.78 is 1.82. The third kappa shape index (κ3) is 2.45. The summed E-state index contributed by atoms with van der Waals surface area (Å²) in [6.45, 7) is 5.57. The van der Waals surface area contributed by atoms with Crippen LogP contribution in [0.5, 0.6) is 0 Å². The van der Waals surface area contributed by atoms with Crippen LogP contribution in [0.1, 0.15) is 21.3 Å². The molecular formula is C10H15N5S. The van der Waals surface area contributed by atoms with Gasteiger partial charge in [-0.25, -0.2) is 9.67 Å². The van der Waals surface area contributed by atoms with Crippen LogP contribution in [0.3, 0.4) is 0 Å². The Hall–Kier alpha value is -1.27. The van der Waals surface area contributed by atoms with Crippen LogP contribution in [0, 0.1) is 13.8 Å². The van der Waals surface area contributed by atoms with Crippen LogP contribution in [0.2, 0.25) is 0 Å². The number of rotatable bonds is 4. The predicted octanol–water partition coefficient (Wildman–Crippen LogP) is 1.12. The van der Waals surface area contributed by atoms with E-state index >= 15 is 0 Å². The quantitative estimate of drug-likeness (QED) is 0.865. The minimum absolute atomic E-state index is 0.704. The van der Waals surface area contributed by atoms with Crippen molar-refractivity contribution in [3.05, 3.63) is 27.5 Å². The van der Waals surface area contributed by atoms with Gasteiger partial charge in [-0.15, -0.1) is 16.4 Å². The molecule has 0 aliphatic heterocycles. The molecule has 0 atom stereocenters. The van der Waals surface area contributed by atoms with E-state index in [-0.39, 0.29) is 0 Å². The van der Waals surface area contributed by atoms with Crippen molar-refractivity contribution in [3.8, 4) is 0 Å². The fourth-order valence-corrected chi connectivity index (χ4v) is 2.35. The van der Waals surface area contributed by atoms with E-state index in [0.717, 1.165) is 22.9 Å². The van der Waals surface area contributed by atoms with Crippen molar-refractivity contribution in [2.24, 2.45) is 0 Å². The van der Waals surface area contributed by atoms with Crippen LogP contribution >= 0.6 is 11.3 Å². The van der Waals surface area contributed by atoms with Crippen molar-refractivity contribution in [2.75, 3.05) is 7.05 Å². The summed E-state index contributed by atoms with van der Waals surface area (Å²) in [6, 6.07) is 0. The first kappa shape index (κ1) is 11.2. The van der Waals surface area contributed by atoms with Crippen molar-refractivity contribution in [3.63, 3.8) is 0 Å². The van der Waals surface area contributed by atoms with Crippen LogP contribution in [0.15, 0.2) is 6.20 Å². The second-order valence-corrected chi connectivity index (χ2v) is 4.97. The summed E-state index contributed by atoms with van der Waals surface area (Å²) in [6.07, 6.45) is 1.95. The highest BCUT2D eigenvalue weighted by Crippen LogP contribution is 2.16. The predicted molar refractivity (Wildman–Crippen MR) is 63.5 cm³/mol. The van der Waals surface area contributed by atoms with E-state index in [1.807, 2.05) is 24.9 Å². The van der Waals surface area contributed by atoms with Crippen molar-refractivity contribution in [2.45, 2.75) is 26.9 Å². The Kier molecular flexibility index (Phi) is 3.31. The topological polar surface area (TPSA) is 55.6 Å². The minimum Gasteiger partial charge on any atom is -0.314 e. The zero-order valence-corrected chi connectivity index (χ0v) is 10.5. The zero-order chi connectivity index (χ0) is 11.5. The molecule has 5 nitrogen and oxygen atoms in total. The molecule has 0 amide bonds. The molecule has 0 radical (unpaired) electrons. The molecule has 0 saturated heterocycles. The summed E-state index contributed by atoms with van der Waals surface area (Å²) >= 11 is 1.72. The van der Waals surface area contributed by atoms with E-state index in [1.165, 1.54) is 4.88 Å². The Morgan fingerprint density at radius 1 is 1.44 bits per heavy atom. The van der Waals surface area contributed by atoms with Crippen LogP contribution in [-0.2, 0) is 13.1 Å². The second-order valence-electron chi connectivity index (χ2n) is 3.69. The molecule has 6 heteroatoms. The maximum Gasteiger partial charge on any atom is 0.115 e. The number of aryl methyl sites for hydroxylation is 2. The van der Waals surface area contributed by atoms with Crippen molar-refractivity contribution in [1.29, 1.82) is 0 Å². The van der Waals surface area contributed by atoms with Gasteiger partial charge in [-0.1, -0.05) is 5.21 Å². The van der Waals surface area contributed by atoms with Crippen molar-refractivity contribution in [1.82, 2.24) is 25.3 Å². The fourth-order valence-electron chi connectivity index (χ4n) is 1.42. The summed E-state index contributed by atoms with van der Waals surface area (Å²) in [5.41, 5.74) is 2.06. The Bertz CT molecular complexity index is 454. The normalized spacial score (nSPS) is 10.9. The van der Waals surface area contributed by atoms with Gasteiger partial charge in [0.1, 0.15) is 5.01 Å². The van der Waals surface area contributed by atoms with Crippen LogP contribution in [0.25, 0.3) is 0 Å². The molecule has 0 bridgehead atoms. The second kappa shape index (κ2) is 4.71. The van der Waals surface area contributed by atoms with E-state index in [0.29, 0.717) is 6.54 Å². The highest BCUT2D eigenvalue weighted by atomic mass is 32.1. The van der Waals surface area contributed by atoms with Gasteiger partial charge in [0.25, 0.3) is 0 Å². The number of hydrogen-bond acceptors (Lipinski definition) is 5. The Balaban J connectivity index is 2.08. The third-order valence-electron chi connectivity index (χ3n) is 2.31. The van der Waals surface area contributed by atoms with Gasteiger partial charge in [-0.05, 0) is 20.9 Å². The molecule has 0 saturated carbocycles. The summed E-state index contributed by atoms with van der Waals surface area (Å²) in [5.74, 6) is 0. The largest absolute Gasteiger partial charge is 0.314 e. The van der Waals surface area contributed by atoms with Gasteiger partial charge in [0.05, 0.1) is 24.1 Å². The highest BCUT2D eigenvalue weighted by molar-refractivity contribution is 7.11. The lowest BCUT2D eigenvalue weighted by Gasteiger charge is -1.94. The average Bonchev–Trinajstić information content (AvgIpc) is 2.77. The lowest BCUT2D eigenvalue weighted by atomic mass is 10.4. The number of aromatic nitrogens is 4. The van der Waals surface area contributed by atoms with E-state index < -0.39 is 0 Å². The molecule has 0 spiro atoms. The van der Waals surface area contributed by atoms with Gasteiger partial charge < -0.3 is 5.32 Å². The molecular weight excluding hydrogens is 222 g/mol. The molecule has 86 valence electrons. The van der Waals surface area contributed by atoms with Crippen molar-refractivity contribution >= 4 is 11.3 Å². The average molecular weight is 237 g/mol. The molecule has 0 fully saturated rings. The molecule has 0 aromatic carbocycles. The van der Waals surface area contributed by atoms with E-state index in [4.69, 9.17) is 0 Å². The monoisotopic (exact) mass is 237 g/mol. The molecule has 0 aliphatic carbocycles. The fraction of sp³-hybridized carbons (Fsp3) is 0.500. The first-order valence-electron chi connectivity index (χ1n) is 5.15. The van der Waals surface area contributed by atoms with Gasteiger partial charge >= 0.3 is 0 Å². The molecule has 2 rings (SSSR count). The summed E-state index contributed by atoms with van der Waals surface area (Å²) in [5, 5.41) is 12.2. The van der Waals surface area contributed by atoms with E-state index in [1.54, 1.807) is 11.3 Å². The molecule has 0 aliphatic rings. The minimum atomic E-state index is 0.704. The first-order valence-corrected chi connectivity index (χ1v) is 5.97. The van der Waals surface area contributed by atoms with E-state index in [9.17, 15) is 0 Å². The molecule has 2 aromatic heterocycles. The standard InChI is InChI=1S/C10H15N5S/c1-7-8(2)16-10(12-7)6-15-5-9(4-11-3)13-14-15/h5,11H,4,6H2,1-3H3.